The van der Waals surface area contributed by atoms with Crippen LogP contribution in [0.5, 0.6) is 11.5 Å². The van der Waals surface area contributed by atoms with Crippen LogP contribution in [0, 0.1) is 11.8 Å². The number of nitrogens with zero attached hydrogens (tertiary/aromatic N) is 1. The van der Waals surface area contributed by atoms with Crippen molar-refractivity contribution in [3.8, 4) is 11.5 Å². The Balaban J connectivity index is 1.50. The lowest BCUT2D eigenvalue weighted by Crippen LogP contribution is -2.43. The van der Waals surface area contributed by atoms with E-state index >= 15 is 0 Å². The van der Waals surface area contributed by atoms with Gasteiger partial charge in [0.15, 0.2) is 17.2 Å². The quantitative estimate of drug-likeness (QED) is 0.186. The molecule has 1 aromatic heterocycles. The molecule has 10 nitrogen and oxygen atoms in total. The molecule has 1 aliphatic rings. The van der Waals surface area contributed by atoms with Gasteiger partial charge in [-0.3, -0.25) is 4.79 Å². The van der Waals surface area contributed by atoms with Crippen molar-refractivity contribution in [3.05, 3.63) is 88.7 Å². The van der Waals surface area contributed by atoms with Crippen molar-refractivity contribution >= 4 is 29.4 Å². The third-order valence-electron chi connectivity index (χ3n) is 8.04. The van der Waals surface area contributed by atoms with Crippen LogP contribution in [0.15, 0.2) is 66.9 Å². The molecule has 4 rings (SSSR count). The van der Waals surface area contributed by atoms with Gasteiger partial charge in [0, 0.05) is 29.8 Å². The summed E-state index contributed by atoms with van der Waals surface area (Å²) in [7, 11) is 1.41. The molecule has 1 fully saturated rings. The predicted octanol–water partition coefficient (Wildman–Crippen LogP) is 5.59. The normalized spacial score (nSPS) is 20.0. The summed E-state index contributed by atoms with van der Waals surface area (Å²) in [6.07, 6.45) is 4.41. The molecule has 0 radical (unpaired) electrons. The Labute approximate surface area is 274 Å². The fourth-order valence-corrected chi connectivity index (χ4v) is 5.81. The van der Waals surface area contributed by atoms with Gasteiger partial charge in [0.2, 0.25) is 6.79 Å². The van der Waals surface area contributed by atoms with Crippen molar-refractivity contribution < 1.29 is 38.1 Å². The molecule has 0 unspecified atom stereocenters. The van der Waals surface area contributed by atoms with Crippen molar-refractivity contribution in [2.45, 2.75) is 58.1 Å². The lowest BCUT2D eigenvalue weighted by Gasteiger charge is -2.31. The Kier molecular flexibility index (Phi) is 13.2. The van der Waals surface area contributed by atoms with Crippen molar-refractivity contribution in [2.24, 2.45) is 11.8 Å². The zero-order chi connectivity index (χ0) is 32.9. The molecule has 0 bridgehead atoms. The van der Waals surface area contributed by atoms with Gasteiger partial charge in [0.25, 0.3) is 5.91 Å². The summed E-state index contributed by atoms with van der Waals surface area (Å²) in [5, 5.41) is 3.48. The molecule has 4 atom stereocenters. The number of ether oxygens (including phenoxy) is 5. The SMILES string of the molecule is CCOCC(=O)OCOc1c(OC)ccnc1C(=O)N[C@H]1CCC[C@H](Cc2ccc(Cl)cc2)[C@@H](Cc2ccccc2)[C@H](C)OC1=O. The molecule has 3 aromatic rings. The second-order valence-corrected chi connectivity index (χ2v) is 11.6. The highest BCUT2D eigenvalue weighted by atomic mass is 35.5. The summed E-state index contributed by atoms with van der Waals surface area (Å²) >= 11 is 6.15. The van der Waals surface area contributed by atoms with Crippen LogP contribution in [0.1, 0.15) is 54.7 Å². The first-order valence-electron chi connectivity index (χ1n) is 15.5. The topological polar surface area (TPSA) is 122 Å². The Bertz CT molecular complexity index is 1440. The maximum absolute atomic E-state index is 13.5. The number of hydrogen-bond donors (Lipinski definition) is 1. The fourth-order valence-electron chi connectivity index (χ4n) is 5.68. The van der Waals surface area contributed by atoms with Gasteiger partial charge in [0.1, 0.15) is 18.8 Å². The predicted molar refractivity (Wildman–Crippen MR) is 172 cm³/mol. The molecule has 0 aliphatic carbocycles. The zero-order valence-electron chi connectivity index (χ0n) is 26.4. The molecule has 246 valence electrons. The molecular weight excluding hydrogens is 612 g/mol. The third kappa shape index (κ3) is 9.92. The van der Waals surface area contributed by atoms with Crippen LogP contribution in [-0.4, -0.2) is 62.1 Å². The van der Waals surface area contributed by atoms with Crippen molar-refractivity contribution in [1.82, 2.24) is 10.3 Å². The maximum atomic E-state index is 13.5. The highest BCUT2D eigenvalue weighted by Gasteiger charge is 2.35. The van der Waals surface area contributed by atoms with Crippen LogP contribution >= 0.6 is 11.6 Å². The Morgan fingerprint density at radius 2 is 1.76 bits per heavy atom. The molecule has 46 heavy (non-hydrogen) atoms. The van der Waals surface area contributed by atoms with Crippen LogP contribution in [0.4, 0.5) is 0 Å². The minimum Gasteiger partial charge on any atom is -0.493 e. The Morgan fingerprint density at radius 3 is 2.48 bits per heavy atom. The fraction of sp³-hybridized carbons (Fsp3) is 0.429. The monoisotopic (exact) mass is 652 g/mol. The molecule has 0 saturated carbocycles. The first-order valence-corrected chi connectivity index (χ1v) is 15.9. The third-order valence-corrected chi connectivity index (χ3v) is 8.30. The number of hydrogen-bond acceptors (Lipinski definition) is 9. The van der Waals surface area contributed by atoms with Gasteiger partial charge in [-0.1, -0.05) is 60.5 Å². The summed E-state index contributed by atoms with van der Waals surface area (Å²) in [4.78, 5) is 43.1. The van der Waals surface area contributed by atoms with Crippen molar-refractivity contribution in [1.29, 1.82) is 0 Å². The van der Waals surface area contributed by atoms with E-state index in [0.717, 1.165) is 24.8 Å². The lowest BCUT2D eigenvalue weighted by molar-refractivity contribution is -0.155. The smallest absolute Gasteiger partial charge is 0.334 e. The summed E-state index contributed by atoms with van der Waals surface area (Å²) in [5.74, 6) is -1.35. The Morgan fingerprint density at radius 1 is 1.02 bits per heavy atom. The molecule has 0 spiro atoms. The second-order valence-electron chi connectivity index (χ2n) is 11.1. The molecule has 1 amide bonds. The van der Waals surface area contributed by atoms with Crippen LogP contribution < -0.4 is 14.8 Å². The number of aromatic nitrogens is 1. The lowest BCUT2D eigenvalue weighted by atomic mass is 9.77. The average Bonchev–Trinajstić information content (AvgIpc) is 3.10. The van der Waals surface area contributed by atoms with Gasteiger partial charge >= 0.3 is 11.9 Å². The van der Waals surface area contributed by atoms with E-state index < -0.39 is 36.8 Å². The van der Waals surface area contributed by atoms with Gasteiger partial charge in [-0.05, 0) is 68.7 Å². The van der Waals surface area contributed by atoms with Crippen LogP contribution in [0.25, 0.3) is 0 Å². The van der Waals surface area contributed by atoms with Gasteiger partial charge in [-0.25, -0.2) is 14.6 Å². The molecule has 1 aliphatic heterocycles. The molecule has 2 heterocycles. The summed E-state index contributed by atoms with van der Waals surface area (Å²) < 4.78 is 27.1. The van der Waals surface area contributed by atoms with E-state index in [2.05, 4.69) is 22.4 Å². The summed E-state index contributed by atoms with van der Waals surface area (Å²) in [6, 6.07) is 18.6. The van der Waals surface area contributed by atoms with E-state index in [9.17, 15) is 14.4 Å². The summed E-state index contributed by atoms with van der Waals surface area (Å²) in [5.41, 5.74) is 2.21. The molecule has 1 N–H and O–H groups in total. The maximum Gasteiger partial charge on any atom is 0.334 e. The van der Waals surface area contributed by atoms with E-state index in [1.54, 1.807) is 6.92 Å². The number of amides is 1. The standard InChI is InChI=1S/C35H41ClN2O8/c1-4-43-21-31(39)44-22-45-33-30(42-3)17-18-37-32(33)34(40)38-29-12-8-11-26(19-25-13-15-27(36)16-14-25)28(23(2)46-35(29)41)20-24-9-6-5-7-10-24/h5-7,9-10,13-18,23,26,28-29H,4,8,11-12,19-22H2,1-3H3,(H,38,40)/t23-,26+,28-,29-/m0/s1. The minimum atomic E-state index is -0.911. The number of benzene rings is 2. The zero-order valence-corrected chi connectivity index (χ0v) is 27.2. The van der Waals surface area contributed by atoms with E-state index in [1.165, 1.54) is 24.9 Å². The van der Waals surface area contributed by atoms with E-state index in [0.29, 0.717) is 24.5 Å². The first kappa shape index (κ1) is 34.7. The highest BCUT2D eigenvalue weighted by Crippen LogP contribution is 2.33. The number of carbonyl (C=O) groups excluding carboxylic acids is 3. The second kappa shape index (κ2) is 17.5. The van der Waals surface area contributed by atoms with Crippen molar-refractivity contribution in [2.75, 3.05) is 27.1 Å². The molecule has 2 aromatic carbocycles. The molecule has 1 saturated heterocycles. The average molecular weight is 653 g/mol. The number of nitrogens with one attached hydrogen (secondary N) is 1. The largest absolute Gasteiger partial charge is 0.493 e. The van der Waals surface area contributed by atoms with E-state index in [1.807, 2.05) is 49.4 Å². The Hall–Kier alpha value is -4.15. The van der Waals surface area contributed by atoms with Gasteiger partial charge in [-0.15, -0.1) is 0 Å². The summed E-state index contributed by atoms with van der Waals surface area (Å²) in [6.45, 7) is 3.32. The minimum absolute atomic E-state index is 0.0255. The number of carbonyl (C=O) groups is 3. The van der Waals surface area contributed by atoms with Gasteiger partial charge < -0.3 is 29.0 Å². The van der Waals surface area contributed by atoms with E-state index in [-0.39, 0.29) is 35.6 Å². The first-order chi connectivity index (χ1) is 22.3. The van der Waals surface area contributed by atoms with Crippen molar-refractivity contribution in [3.63, 3.8) is 0 Å². The van der Waals surface area contributed by atoms with Gasteiger partial charge in [-0.2, -0.15) is 0 Å². The number of rotatable bonds is 13. The van der Waals surface area contributed by atoms with Gasteiger partial charge in [0.05, 0.1) is 7.11 Å². The highest BCUT2D eigenvalue weighted by molar-refractivity contribution is 6.30. The molecular formula is C35H41ClN2O8. The van der Waals surface area contributed by atoms with Crippen LogP contribution in [0.2, 0.25) is 5.02 Å². The number of pyridine rings is 1. The van der Waals surface area contributed by atoms with E-state index in [4.69, 9.17) is 35.3 Å². The number of esters is 2. The number of methoxy groups -OCH3 is 1. The number of cyclic esters (lactones) is 1. The molecule has 11 heteroatoms. The number of halogens is 1. The van der Waals surface area contributed by atoms with Crippen LogP contribution in [-0.2, 0) is 36.6 Å². The van der Waals surface area contributed by atoms with Crippen LogP contribution in [0.3, 0.4) is 0 Å².